The highest BCUT2D eigenvalue weighted by Crippen LogP contribution is 2.43. The Morgan fingerprint density at radius 1 is 1.18 bits per heavy atom. The van der Waals surface area contributed by atoms with E-state index in [1.54, 1.807) is 32.2 Å². The maximum Gasteiger partial charge on any atom is 0.336 e. The van der Waals surface area contributed by atoms with E-state index < -0.39 is 23.1 Å². The van der Waals surface area contributed by atoms with Crippen LogP contribution in [0.3, 0.4) is 0 Å². The number of allylic oxidation sites excluding steroid dienone is 1. The lowest BCUT2D eigenvalue weighted by atomic mass is 9.82. The summed E-state index contributed by atoms with van der Waals surface area (Å²) < 4.78 is 18.2. The lowest BCUT2D eigenvalue weighted by molar-refractivity contribution is -0.136. The average molecular weight is 385 g/mol. The van der Waals surface area contributed by atoms with Crippen molar-refractivity contribution in [3.8, 4) is 11.5 Å². The fourth-order valence-electron chi connectivity index (χ4n) is 3.69. The van der Waals surface area contributed by atoms with Gasteiger partial charge in [0.05, 0.1) is 24.2 Å². The zero-order chi connectivity index (χ0) is 20.2. The Morgan fingerprint density at radius 2 is 1.89 bits per heavy atom. The standard InChI is InChI=1S/C19H19N3O6/c1-9-13(18(24)26-4)14(10-5-6-11-12(7-10)28-8-27-11)15-16(20-9)21(2)19(25)22(3)17(15)23/h5-7,14,20H,8H2,1-4H3/t14-/m1/s1. The van der Waals surface area contributed by atoms with E-state index in [9.17, 15) is 14.4 Å². The monoisotopic (exact) mass is 385 g/mol. The molecule has 2 aromatic rings. The summed E-state index contributed by atoms with van der Waals surface area (Å²) in [4.78, 5) is 38.0. The minimum absolute atomic E-state index is 0.108. The van der Waals surface area contributed by atoms with Gasteiger partial charge in [-0.25, -0.2) is 9.59 Å². The highest BCUT2D eigenvalue weighted by Gasteiger charge is 2.37. The number of hydrogen-bond acceptors (Lipinski definition) is 7. The molecule has 0 aliphatic carbocycles. The highest BCUT2D eigenvalue weighted by atomic mass is 16.7. The second-order valence-electron chi connectivity index (χ2n) is 6.67. The molecule has 3 heterocycles. The third-order valence-corrected chi connectivity index (χ3v) is 5.12. The van der Waals surface area contributed by atoms with Crippen molar-refractivity contribution >= 4 is 11.8 Å². The third kappa shape index (κ3) is 2.43. The first kappa shape index (κ1) is 17.9. The fraction of sp³-hybridized carbons (Fsp3) is 0.316. The molecule has 0 fully saturated rings. The summed E-state index contributed by atoms with van der Waals surface area (Å²) in [5.41, 5.74) is 0.795. The van der Waals surface area contributed by atoms with Crippen LogP contribution in [0.2, 0.25) is 0 Å². The van der Waals surface area contributed by atoms with Crippen molar-refractivity contribution in [2.24, 2.45) is 14.1 Å². The molecule has 4 rings (SSSR count). The normalized spacial score (nSPS) is 17.2. The first-order valence-corrected chi connectivity index (χ1v) is 8.60. The number of ether oxygens (including phenoxy) is 3. The second kappa shape index (κ2) is 6.29. The molecule has 0 saturated carbocycles. The van der Waals surface area contributed by atoms with Gasteiger partial charge < -0.3 is 19.5 Å². The number of rotatable bonds is 2. The van der Waals surface area contributed by atoms with Crippen LogP contribution in [0.4, 0.5) is 5.82 Å². The van der Waals surface area contributed by atoms with Crippen molar-refractivity contribution in [3.63, 3.8) is 0 Å². The van der Waals surface area contributed by atoms with Gasteiger partial charge in [-0.3, -0.25) is 13.9 Å². The maximum atomic E-state index is 13.0. The molecule has 9 heteroatoms. The average Bonchev–Trinajstić information content (AvgIpc) is 3.17. The van der Waals surface area contributed by atoms with E-state index in [-0.39, 0.29) is 12.4 Å². The molecular weight excluding hydrogens is 366 g/mol. The molecule has 0 radical (unpaired) electrons. The summed E-state index contributed by atoms with van der Waals surface area (Å²) in [6, 6.07) is 5.24. The number of anilines is 1. The largest absolute Gasteiger partial charge is 0.466 e. The van der Waals surface area contributed by atoms with Crippen LogP contribution in [0, 0.1) is 0 Å². The van der Waals surface area contributed by atoms with Gasteiger partial charge in [-0.15, -0.1) is 0 Å². The third-order valence-electron chi connectivity index (χ3n) is 5.12. The van der Waals surface area contributed by atoms with Gasteiger partial charge in [-0.1, -0.05) is 6.07 Å². The molecule has 0 amide bonds. The van der Waals surface area contributed by atoms with Crippen LogP contribution < -0.4 is 26.0 Å². The summed E-state index contributed by atoms with van der Waals surface area (Å²) in [5.74, 6) is 0.173. The predicted octanol–water partition coefficient (Wildman–Crippen LogP) is 0.817. The van der Waals surface area contributed by atoms with Gasteiger partial charge in [0.15, 0.2) is 11.5 Å². The fourth-order valence-corrected chi connectivity index (χ4v) is 3.69. The molecule has 0 saturated heterocycles. The van der Waals surface area contributed by atoms with Gasteiger partial charge in [0.1, 0.15) is 5.82 Å². The number of fused-ring (bicyclic) bond motifs is 2. The Morgan fingerprint density at radius 3 is 2.61 bits per heavy atom. The molecule has 2 aliphatic heterocycles. The quantitative estimate of drug-likeness (QED) is 0.764. The van der Waals surface area contributed by atoms with E-state index in [0.29, 0.717) is 34.2 Å². The minimum atomic E-state index is -0.733. The molecule has 2 aliphatic rings. The lowest BCUT2D eigenvalue weighted by Crippen LogP contribution is -2.43. The zero-order valence-electron chi connectivity index (χ0n) is 15.9. The van der Waals surface area contributed by atoms with Crippen LogP contribution in [-0.2, 0) is 23.6 Å². The van der Waals surface area contributed by atoms with E-state index in [0.717, 1.165) is 4.57 Å². The lowest BCUT2D eigenvalue weighted by Gasteiger charge is -2.30. The summed E-state index contributed by atoms with van der Waals surface area (Å²) in [5, 5.41) is 3.03. The molecule has 28 heavy (non-hydrogen) atoms. The van der Waals surface area contributed by atoms with E-state index in [1.165, 1.54) is 18.7 Å². The van der Waals surface area contributed by atoms with Gasteiger partial charge in [-0.2, -0.15) is 0 Å². The zero-order valence-corrected chi connectivity index (χ0v) is 15.9. The summed E-state index contributed by atoms with van der Waals surface area (Å²) >= 11 is 0. The van der Waals surface area contributed by atoms with Crippen LogP contribution in [0.15, 0.2) is 39.1 Å². The number of benzene rings is 1. The van der Waals surface area contributed by atoms with Gasteiger partial charge in [-0.05, 0) is 24.6 Å². The Kier molecular flexibility index (Phi) is 4.02. The molecule has 1 N–H and O–H groups in total. The van der Waals surface area contributed by atoms with Crippen LogP contribution in [0.1, 0.15) is 24.0 Å². The van der Waals surface area contributed by atoms with E-state index in [4.69, 9.17) is 14.2 Å². The van der Waals surface area contributed by atoms with Gasteiger partial charge >= 0.3 is 11.7 Å². The van der Waals surface area contributed by atoms with Crippen LogP contribution in [0.5, 0.6) is 11.5 Å². The van der Waals surface area contributed by atoms with Crippen molar-refractivity contribution in [2.45, 2.75) is 12.8 Å². The molecule has 146 valence electrons. The van der Waals surface area contributed by atoms with Gasteiger partial charge in [0, 0.05) is 19.8 Å². The van der Waals surface area contributed by atoms with E-state index in [1.807, 2.05) is 0 Å². The molecule has 1 aromatic carbocycles. The van der Waals surface area contributed by atoms with Crippen LogP contribution in [-0.4, -0.2) is 29.0 Å². The van der Waals surface area contributed by atoms with E-state index in [2.05, 4.69) is 5.32 Å². The van der Waals surface area contributed by atoms with Crippen molar-refractivity contribution < 1.29 is 19.0 Å². The maximum absolute atomic E-state index is 13.0. The Balaban J connectivity index is 2.05. The molecule has 0 bridgehead atoms. The van der Waals surface area contributed by atoms with Crippen molar-refractivity contribution in [1.82, 2.24) is 9.13 Å². The Bertz CT molecular complexity index is 1160. The highest BCUT2D eigenvalue weighted by molar-refractivity contribution is 5.94. The van der Waals surface area contributed by atoms with E-state index >= 15 is 0 Å². The predicted molar refractivity (Wildman–Crippen MR) is 99.7 cm³/mol. The number of methoxy groups -OCH3 is 1. The molecule has 1 aromatic heterocycles. The molecule has 0 spiro atoms. The Hall–Kier alpha value is -3.49. The van der Waals surface area contributed by atoms with Crippen LogP contribution in [0.25, 0.3) is 0 Å². The van der Waals surface area contributed by atoms with Crippen molar-refractivity contribution in [2.75, 3.05) is 19.2 Å². The SMILES string of the molecule is COC(=O)C1=C(C)Nc2c(c(=O)n(C)c(=O)n2C)[C@@H]1c1ccc2c(c1)OCO2. The van der Waals surface area contributed by atoms with Crippen molar-refractivity contribution in [1.29, 1.82) is 0 Å². The topological polar surface area (TPSA) is 101 Å². The number of carbonyl (C=O) groups excluding carboxylic acids is 1. The number of carbonyl (C=O) groups is 1. The minimum Gasteiger partial charge on any atom is -0.466 e. The number of hydrogen-bond donors (Lipinski definition) is 1. The van der Waals surface area contributed by atoms with Crippen molar-refractivity contribution in [3.05, 3.63) is 61.4 Å². The Labute approximate surface area is 159 Å². The second-order valence-corrected chi connectivity index (χ2v) is 6.67. The molecule has 0 unspecified atom stereocenters. The smallest absolute Gasteiger partial charge is 0.336 e. The number of nitrogens with zero attached hydrogens (tertiary/aromatic N) is 2. The molecule has 1 atom stereocenters. The summed E-state index contributed by atoms with van der Waals surface area (Å²) in [7, 11) is 4.26. The molecular formula is C19H19N3O6. The summed E-state index contributed by atoms with van der Waals surface area (Å²) in [6.07, 6.45) is 0. The summed E-state index contributed by atoms with van der Waals surface area (Å²) in [6.45, 7) is 1.81. The first-order valence-electron chi connectivity index (χ1n) is 8.60. The number of aromatic nitrogens is 2. The van der Waals surface area contributed by atoms with Gasteiger partial charge in [0.2, 0.25) is 6.79 Å². The first-order chi connectivity index (χ1) is 13.3. The number of esters is 1. The molecule has 9 nitrogen and oxygen atoms in total. The van der Waals surface area contributed by atoms with Crippen LogP contribution >= 0.6 is 0 Å². The van der Waals surface area contributed by atoms with Gasteiger partial charge in [0.25, 0.3) is 5.56 Å². The number of nitrogens with one attached hydrogen (secondary N) is 1.